The highest BCUT2D eigenvalue weighted by molar-refractivity contribution is 7.89. The molecule has 0 saturated carbocycles. The van der Waals surface area contributed by atoms with E-state index in [0.717, 1.165) is 16.4 Å². The molecule has 1 aromatic rings. The molecular weight excluding hydrogens is 336 g/mol. The molecule has 8 nitrogen and oxygen atoms in total. The molecule has 24 heavy (non-hydrogen) atoms. The molecule has 0 aliphatic heterocycles. The fourth-order valence-electron chi connectivity index (χ4n) is 2.37. The van der Waals surface area contributed by atoms with Gasteiger partial charge in [0, 0.05) is 18.7 Å². The number of methoxy groups -OCH3 is 1. The molecular formula is C15H22N2O6S. The first kappa shape index (κ1) is 20.0. The summed E-state index contributed by atoms with van der Waals surface area (Å²) in [7, 11) is -2.78. The van der Waals surface area contributed by atoms with Gasteiger partial charge < -0.3 is 4.74 Å². The Morgan fingerprint density at radius 2 is 1.83 bits per heavy atom. The van der Waals surface area contributed by atoms with Crippen LogP contribution in [-0.4, -0.2) is 43.3 Å². The highest BCUT2D eigenvalue weighted by Crippen LogP contribution is 2.25. The Balaban J connectivity index is 3.33. The number of sulfonamides is 1. The molecule has 1 rings (SSSR count). The van der Waals surface area contributed by atoms with E-state index in [9.17, 15) is 23.3 Å². The van der Waals surface area contributed by atoms with Crippen LogP contribution in [0.2, 0.25) is 0 Å². The molecule has 0 unspecified atom stereocenters. The summed E-state index contributed by atoms with van der Waals surface area (Å²) < 4.78 is 31.6. The van der Waals surface area contributed by atoms with Crippen molar-refractivity contribution >= 4 is 21.7 Å². The minimum Gasteiger partial charge on any atom is -0.468 e. The normalized spacial score (nSPS) is 14.2. The van der Waals surface area contributed by atoms with Gasteiger partial charge in [-0.3, -0.25) is 14.9 Å². The van der Waals surface area contributed by atoms with Crippen molar-refractivity contribution in [2.75, 3.05) is 13.7 Å². The van der Waals surface area contributed by atoms with E-state index in [0.29, 0.717) is 6.42 Å². The lowest BCUT2D eigenvalue weighted by Gasteiger charge is -2.31. The third-order valence-corrected chi connectivity index (χ3v) is 5.87. The number of non-ortho nitro benzene ring substituents is 1. The third kappa shape index (κ3) is 4.09. The van der Waals surface area contributed by atoms with E-state index in [1.54, 1.807) is 13.8 Å². The summed E-state index contributed by atoms with van der Waals surface area (Å²) in [6.07, 6.45) is 0.589. The fraction of sp³-hybridized carbons (Fsp3) is 0.533. The SMILES string of the molecule is CC[C@H](C)[C@H](C(=O)OC)N(CC)S(=O)(=O)c1ccc([N+](=O)[O-])cc1. The van der Waals surface area contributed by atoms with Crippen LogP contribution >= 0.6 is 0 Å². The van der Waals surface area contributed by atoms with Crippen molar-refractivity contribution in [2.24, 2.45) is 5.92 Å². The van der Waals surface area contributed by atoms with Gasteiger partial charge in [0.15, 0.2) is 0 Å². The topological polar surface area (TPSA) is 107 Å². The maximum Gasteiger partial charge on any atom is 0.324 e. The van der Waals surface area contributed by atoms with Crippen LogP contribution in [0.5, 0.6) is 0 Å². The van der Waals surface area contributed by atoms with Gasteiger partial charge in [-0.2, -0.15) is 4.31 Å². The van der Waals surface area contributed by atoms with Crippen molar-refractivity contribution in [2.45, 2.75) is 38.1 Å². The summed E-state index contributed by atoms with van der Waals surface area (Å²) in [5.41, 5.74) is -0.205. The van der Waals surface area contributed by atoms with Crippen molar-refractivity contribution in [1.29, 1.82) is 0 Å². The van der Waals surface area contributed by atoms with Crippen molar-refractivity contribution in [1.82, 2.24) is 4.31 Å². The second-order valence-corrected chi connectivity index (χ2v) is 7.20. The van der Waals surface area contributed by atoms with Gasteiger partial charge in [0.05, 0.1) is 16.9 Å². The molecule has 2 atom stereocenters. The largest absolute Gasteiger partial charge is 0.468 e. The van der Waals surface area contributed by atoms with Gasteiger partial charge in [-0.05, 0) is 18.1 Å². The molecule has 0 aromatic heterocycles. The van der Waals surface area contributed by atoms with E-state index in [4.69, 9.17) is 4.74 Å². The van der Waals surface area contributed by atoms with Gasteiger partial charge in [0.1, 0.15) is 6.04 Å². The lowest BCUT2D eigenvalue weighted by atomic mass is 9.99. The van der Waals surface area contributed by atoms with Crippen LogP contribution in [0.25, 0.3) is 0 Å². The van der Waals surface area contributed by atoms with Crippen LogP contribution in [0.1, 0.15) is 27.2 Å². The molecule has 0 heterocycles. The summed E-state index contributed by atoms with van der Waals surface area (Å²) >= 11 is 0. The molecule has 1 aromatic carbocycles. The van der Waals surface area contributed by atoms with Gasteiger partial charge in [0.25, 0.3) is 5.69 Å². The number of carbonyl (C=O) groups is 1. The Hall–Kier alpha value is -2.00. The molecule has 0 N–H and O–H groups in total. The summed E-state index contributed by atoms with van der Waals surface area (Å²) in [6, 6.07) is 3.63. The molecule has 0 amide bonds. The molecule has 134 valence electrons. The number of carbonyl (C=O) groups excluding carboxylic acids is 1. The van der Waals surface area contributed by atoms with E-state index in [1.807, 2.05) is 6.92 Å². The van der Waals surface area contributed by atoms with Gasteiger partial charge >= 0.3 is 5.97 Å². The fourth-order valence-corrected chi connectivity index (χ4v) is 4.05. The van der Waals surface area contributed by atoms with E-state index >= 15 is 0 Å². The Bertz CT molecular complexity index is 686. The average molecular weight is 358 g/mol. The van der Waals surface area contributed by atoms with E-state index in [1.165, 1.54) is 19.2 Å². The van der Waals surface area contributed by atoms with Gasteiger partial charge in [-0.25, -0.2) is 8.42 Å². The quantitative estimate of drug-likeness (QED) is 0.400. The number of nitrogens with zero attached hydrogens (tertiary/aromatic N) is 2. The highest BCUT2D eigenvalue weighted by atomic mass is 32.2. The number of likely N-dealkylation sites (N-methyl/N-ethyl adjacent to an activating group) is 1. The predicted molar refractivity (Wildman–Crippen MR) is 87.9 cm³/mol. The molecule has 0 aliphatic rings. The zero-order valence-electron chi connectivity index (χ0n) is 14.1. The Kier molecular flexibility index (Phi) is 6.85. The van der Waals surface area contributed by atoms with Crippen LogP contribution < -0.4 is 0 Å². The van der Waals surface area contributed by atoms with Gasteiger partial charge in [-0.15, -0.1) is 0 Å². The monoisotopic (exact) mass is 358 g/mol. The van der Waals surface area contributed by atoms with Crippen molar-refractivity contribution in [3.63, 3.8) is 0 Å². The number of hydrogen-bond donors (Lipinski definition) is 0. The molecule has 9 heteroatoms. The first-order valence-corrected chi connectivity index (χ1v) is 8.98. The molecule has 0 spiro atoms. The Morgan fingerprint density at radius 3 is 2.21 bits per heavy atom. The smallest absolute Gasteiger partial charge is 0.324 e. The number of nitro groups is 1. The molecule has 0 saturated heterocycles. The standard InChI is InChI=1S/C15H22N2O6S/c1-5-11(3)14(15(18)23-4)16(6-2)24(21,22)13-9-7-12(8-10-13)17(19)20/h7-11,14H,5-6H2,1-4H3/t11-,14+/m0/s1. The Morgan fingerprint density at radius 1 is 1.29 bits per heavy atom. The van der Waals surface area contributed by atoms with Crippen LogP contribution in [0.15, 0.2) is 29.2 Å². The molecule has 0 bridgehead atoms. The summed E-state index contributed by atoms with van der Waals surface area (Å²) in [4.78, 5) is 22.1. The van der Waals surface area contributed by atoms with Crippen molar-refractivity contribution in [3.8, 4) is 0 Å². The van der Waals surface area contributed by atoms with Crippen molar-refractivity contribution < 1.29 is 22.9 Å². The van der Waals surface area contributed by atoms with Crippen molar-refractivity contribution in [3.05, 3.63) is 34.4 Å². The van der Waals surface area contributed by atoms with Gasteiger partial charge in [-0.1, -0.05) is 27.2 Å². The van der Waals surface area contributed by atoms with Crippen LogP contribution in [-0.2, 0) is 19.6 Å². The second-order valence-electron chi connectivity index (χ2n) is 5.31. The molecule has 0 radical (unpaired) electrons. The van der Waals surface area contributed by atoms with Crippen LogP contribution in [0.3, 0.4) is 0 Å². The average Bonchev–Trinajstić information content (AvgIpc) is 2.57. The minimum atomic E-state index is -3.99. The molecule has 0 aliphatic carbocycles. The number of hydrogen-bond acceptors (Lipinski definition) is 6. The number of ether oxygens (including phenoxy) is 1. The predicted octanol–water partition coefficient (Wildman–Crippen LogP) is 2.19. The van der Waals surface area contributed by atoms with E-state index < -0.39 is 27.0 Å². The van der Waals surface area contributed by atoms with E-state index in [2.05, 4.69) is 0 Å². The maximum absolute atomic E-state index is 12.9. The number of esters is 1. The maximum atomic E-state index is 12.9. The lowest BCUT2D eigenvalue weighted by molar-refractivity contribution is -0.384. The number of benzene rings is 1. The lowest BCUT2D eigenvalue weighted by Crippen LogP contribution is -2.48. The first-order valence-electron chi connectivity index (χ1n) is 7.54. The van der Waals surface area contributed by atoms with Crippen LogP contribution in [0.4, 0.5) is 5.69 Å². The zero-order valence-corrected chi connectivity index (χ0v) is 14.9. The summed E-state index contributed by atoms with van der Waals surface area (Å²) in [6.45, 7) is 5.33. The van der Waals surface area contributed by atoms with Gasteiger partial charge in [0.2, 0.25) is 10.0 Å². The Labute approximate surface area is 141 Å². The number of nitro benzene ring substituents is 1. The second kappa shape index (κ2) is 8.20. The minimum absolute atomic E-state index is 0.0728. The summed E-state index contributed by atoms with van der Waals surface area (Å²) in [5.74, 6) is -0.873. The zero-order chi connectivity index (χ0) is 18.5. The molecule has 0 fully saturated rings. The summed E-state index contributed by atoms with van der Waals surface area (Å²) in [5, 5.41) is 10.7. The van der Waals surface area contributed by atoms with Crippen LogP contribution in [0, 0.1) is 16.0 Å². The first-order chi connectivity index (χ1) is 11.2. The van der Waals surface area contributed by atoms with E-state index in [-0.39, 0.29) is 23.0 Å². The highest BCUT2D eigenvalue weighted by Gasteiger charge is 2.38. The third-order valence-electron chi connectivity index (χ3n) is 3.90. The number of rotatable bonds is 8.